The van der Waals surface area contributed by atoms with Crippen molar-refractivity contribution < 1.29 is 9.53 Å². The lowest BCUT2D eigenvalue weighted by Crippen LogP contribution is -2.57. The van der Waals surface area contributed by atoms with Crippen molar-refractivity contribution in [2.24, 2.45) is 4.99 Å². The summed E-state index contributed by atoms with van der Waals surface area (Å²) in [7, 11) is 6.14. The average Bonchev–Trinajstić information content (AvgIpc) is 2.60. The first kappa shape index (κ1) is 21.8. The zero-order valence-corrected chi connectivity index (χ0v) is 17.9. The van der Waals surface area contributed by atoms with Crippen molar-refractivity contribution in [1.29, 1.82) is 0 Å². The summed E-state index contributed by atoms with van der Waals surface area (Å²) in [5, 5.41) is 6.93. The summed E-state index contributed by atoms with van der Waals surface area (Å²) >= 11 is 0. The minimum absolute atomic E-state index is 0.184. The third kappa shape index (κ3) is 7.18. The SMILES string of the molecule is CN=C(NCC1CN(C)CCN1C)NC1CCCN(C(=O)OC(C)(C)C)C1. The van der Waals surface area contributed by atoms with Gasteiger partial charge in [0.25, 0.3) is 0 Å². The molecule has 0 aromatic rings. The number of hydrogen-bond donors (Lipinski definition) is 2. The number of piperidine rings is 1. The summed E-state index contributed by atoms with van der Waals surface area (Å²) in [6.45, 7) is 11.2. The van der Waals surface area contributed by atoms with Crippen molar-refractivity contribution in [2.45, 2.75) is 51.3 Å². The van der Waals surface area contributed by atoms with E-state index < -0.39 is 5.60 Å². The van der Waals surface area contributed by atoms with Gasteiger partial charge in [-0.3, -0.25) is 9.89 Å². The largest absolute Gasteiger partial charge is 0.444 e. The van der Waals surface area contributed by atoms with E-state index in [0.717, 1.165) is 51.5 Å². The molecule has 2 aliphatic heterocycles. The summed E-state index contributed by atoms with van der Waals surface area (Å²) in [5.74, 6) is 0.799. The number of hydrogen-bond acceptors (Lipinski definition) is 5. The molecule has 0 radical (unpaired) electrons. The first-order chi connectivity index (χ1) is 12.7. The Morgan fingerprint density at radius 1 is 1.19 bits per heavy atom. The Labute approximate surface area is 164 Å². The number of ether oxygens (including phenoxy) is 1. The lowest BCUT2D eigenvalue weighted by molar-refractivity contribution is 0.0193. The molecule has 0 saturated carbocycles. The van der Waals surface area contributed by atoms with Crippen LogP contribution >= 0.6 is 0 Å². The van der Waals surface area contributed by atoms with Crippen molar-refractivity contribution in [3.63, 3.8) is 0 Å². The minimum atomic E-state index is -0.464. The molecule has 0 bridgehead atoms. The number of nitrogens with one attached hydrogen (secondary N) is 2. The molecule has 2 N–H and O–H groups in total. The van der Waals surface area contributed by atoms with Gasteiger partial charge in [0.2, 0.25) is 0 Å². The number of carbonyl (C=O) groups excluding carboxylic acids is 1. The highest BCUT2D eigenvalue weighted by atomic mass is 16.6. The lowest BCUT2D eigenvalue weighted by atomic mass is 10.1. The van der Waals surface area contributed by atoms with Crippen molar-refractivity contribution >= 4 is 12.1 Å². The van der Waals surface area contributed by atoms with Gasteiger partial charge in [0.05, 0.1) is 0 Å². The maximum atomic E-state index is 12.3. The summed E-state index contributed by atoms with van der Waals surface area (Å²) in [6, 6.07) is 0.649. The van der Waals surface area contributed by atoms with E-state index in [4.69, 9.17) is 4.74 Å². The molecule has 0 aliphatic carbocycles. The molecule has 0 aromatic carbocycles. The number of aliphatic imine (C=N–C) groups is 1. The van der Waals surface area contributed by atoms with Crippen LogP contribution in [0.1, 0.15) is 33.6 Å². The van der Waals surface area contributed by atoms with E-state index in [-0.39, 0.29) is 12.1 Å². The molecule has 0 spiro atoms. The van der Waals surface area contributed by atoms with Crippen molar-refractivity contribution in [3.8, 4) is 0 Å². The van der Waals surface area contributed by atoms with Crippen LogP contribution in [-0.4, -0.2) is 105 Å². The van der Waals surface area contributed by atoms with Crippen LogP contribution in [0.4, 0.5) is 4.79 Å². The molecule has 2 aliphatic rings. The number of carbonyl (C=O) groups is 1. The average molecular weight is 383 g/mol. The van der Waals surface area contributed by atoms with Gasteiger partial charge in [-0.25, -0.2) is 4.79 Å². The van der Waals surface area contributed by atoms with Gasteiger partial charge < -0.3 is 25.2 Å². The van der Waals surface area contributed by atoms with Crippen LogP contribution in [0, 0.1) is 0 Å². The number of nitrogens with zero attached hydrogens (tertiary/aromatic N) is 4. The van der Waals surface area contributed by atoms with Crippen LogP contribution in [0.15, 0.2) is 4.99 Å². The highest BCUT2D eigenvalue weighted by molar-refractivity contribution is 5.80. The number of likely N-dealkylation sites (tertiary alicyclic amines) is 1. The van der Waals surface area contributed by atoms with Gasteiger partial charge in [0.15, 0.2) is 5.96 Å². The molecule has 2 rings (SSSR count). The topological polar surface area (TPSA) is 72.4 Å². The first-order valence-corrected chi connectivity index (χ1v) is 10.0. The van der Waals surface area contributed by atoms with E-state index >= 15 is 0 Å². The second kappa shape index (κ2) is 9.59. The Kier molecular flexibility index (Phi) is 7.73. The van der Waals surface area contributed by atoms with Gasteiger partial charge >= 0.3 is 6.09 Å². The predicted octanol–water partition coefficient (Wildman–Crippen LogP) is 0.797. The van der Waals surface area contributed by atoms with Gasteiger partial charge in [-0.1, -0.05) is 0 Å². The van der Waals surface area contributed by atoms with Crippen LogP contribution < -0.4 is 10.6 Å². The van der Waals surface area contributed by atoms with Crippen LogP contribution in [-0.2, 0) is 4.74 Å². The van der Waals surface area contributed by atoms with Crippen molar-refractivity contribution in [2.75, 3.05) is 60.4 Å². The quantitative estimate of drug-likeness (QED) is 0.556. The van der Waals surface area contributed by atoms with Gasteiger partial charge in [-0.05, 0) is 47.7 Å². The fourth-order valence-electron chi connectivity index (χ4n) is 3.51. The van der Waals surface area contributed by atoms with Gasteiger partial charge in [0, 0.05) is 58.4 Å². The monoisotopic (exact) mass is 382 g/mol. The number of likely N-dealkylation sites (N-methyl/N-ethyl adjacent to an activating group) is 2. The number of rotatable bonds is 3. The van der Waals surface area contributed by atoms with Gasteiger partial charge in [-0.2, -0.15) is 0 Å². The first-order valence-electron chi connectivity index (χ1n) is 10.0. The van der Waals surface area contributed by atoms with Crippen LogP contribution in [0.25, 0.3) is 0 Å². The zero-order valence-electron chi connectivity index (χ0n) is 17.9. The highest BCUT2D eigenvalue weighted by Crippen LogP contribution is 2.15. The van der Waals surface area contributed by atoms with E-state index in [9.17, 15) is 4.79 Å². The molecule has 8 heteroatoms. The molecular formula is C19H38N6O2. The third-order valence-electron chi connectivity index (χ3n) is 5.12. The van der Waals surface area contributed by atoms with E-state index in [1.54, 1.807) is 11.9 Å². The fourth-order valence-corrected chi connectivity index (χ4v) is 3.51. The fraction of sp³-hybridized carbons (Fsp3) is 0.895. The standard InChI is InChI=1S/C19H38N6O2/c1-19(2,3)27-18(26)25-9-7-8-15(13-25)22-17(20-4)21-12-16-14-23(5)10-11-24(16)6/h15-16H,7-14H2,1-6H3,(H2,20,21,22). The number of piperazine rings is 1. The molecule has 27 heavy (non-hydrogen) atoms. The summed E-state index contributed by atoms with van der Waals surface area (Å²) < 4.78 is 5.51. The molecule has 2 unspecified atom stereocenters. The Hall–Kier alpha value is -1.54. The van der Waals surface area contributed by atoms with E-state index in [1.165, 1.54) is 0 Å². The minimum Gasteiger partial charge on any atom is -0.444 e. The molecule has 156 valence electrons. The zero-order chi connectivity index (χ0) is 20.0. The Morgan fingerprint density at radius 2 is 1.93 bits per heavy atom. The second-order valence-corrected chi connectivity index (χ2v) is 8.76. The predicted molar refractivity (Wildman–Crippen MR) is 109 cm³/mol. The maximum Gasteiger partial charge on any atom is 0.410 e. The Bertz CT molecular complexity index is 519. The molecule has 1 amide bonds. The van der Waals surface area contributed by atoms with Crippen LogP contribution in [0.3, 0.4) is 0 Å². The number of amides is 1. The molecule has 2 fully saturated rings. The highest BCUT2D eigenvalue weighted by Gasteiger charge is 2.28. The maximum absolute atomic E-state index is 12.3. The molecule has 8 nitrogen and oxygen atoms in total. The van der Waals surface area contributed by atoms with E-state index in [0.29, 0.717) is 12.6 Å². The van der Waals surface area contributed by atoms with E-state index in [1.807, 2.05) is 20.8 Å². The van der Waals surface area contributed by atoms with Crippen LogP contribution in [0.2, 0.25) is 0 Å². The molecular weight excluding hydrogens is 344 g/mol. The van der Waals surface area contributed by atoms with Crippen molar-refractivity contribution in [1.82, 2.24) is 25.3 Å². The van der Waals surface area contributed by atoms with E-state index in [2.05, 4.69) is 39.5 Å². The normalized spacial score (nSPS) is 26.0. The second-order valence-electron chi connectivity index (χ2n) is 8.76. The number of guanidine groups is 1. The third-order valence-corrected chi connectivity index (χ3v) is 5.12. The summed E-state index contributed by atoms with van der Waals surface area (Å²) in [6.07, 6.45) is 1.75. The molecule has 2 atom stereocenters. The van der Waals surface area contributed by atoms with Crippen molar-refractivity contribution in [3.05, 3.63) is 0 Å². The lowest BCUT2D eigenvalue weighted by Gasteiger charge is -2.38. The summed E-state index contributed by atoms with van der Waals surface area (Å²) in [4.78, 5) is 23.3. The Balaban J connectivity index is 1.82. The molecule has 2 heterocycles. The molecule has 0 aromatic heterocycles. The van der Waals surface area contributed by atoms with Gasteiger partial charge in [-0.15, -0.1) is 0 Å². The van der Waals surface area contributed by atoms with Crippen LogP contribution in [0.5, 0.6) is 0 Å². The summed E-state index contributed by atoms with van der Waals surface area (Å²) in [5.41, 5.74) is -0.464. The smallest absolute Gasteiger partial charge is 0.410 e. The Morgan fingerprint density at radius 3 is 2.59 bits per heavy atom. The molecule has 2 saturated heterocycles. The van der Waals surface area contributed by atoms with Gasteiger partial charge in [0.1, 0.15) is 5.60 Å².